The Labute approximate surface area is 142 Å². The number of unbranched alkanes of at least 4 members (excludes halogenated alkanes) is 3. The van der Waals surface area contributed by atoms with Crippen molar-refractivity contribution in [2.45, 2.75) is 32.1 Å². The van der Waals surface area contributed by atoms with Gasteiger partial charge in [-0.1, -0.05) is 12.8 Å². The van der Waals surface area contributed by atoms with Crippen molar-refractivity contribution < 1.29 is 4.79 Å². The Bertz CT molecular complexity index is 575. The van der Waals surface area contributed by atoms with E-state index in [2.05, 4.69) is 15.3 Å². The summed E-state index contributed by atoms with van der Waals surface area (Å²) in [5.41, 5.74) is 7.04. The molecule has 0 atom stereocenters. The second-order valence-electron chi connectivity index (χ2n) is 4.75. The number of anilines is 1. The molecule has 2 heterocycles. The van der Waals surface area contributed by atoms with E-state index in [1.165, 1.54) is 0 Å². The van der Waals surface area contributed by atoms with E-state index >= 15 is 0 Å². The molecular formula is C15H22Cl2N4O. The van der Waals surface area contributed by atoms with Gasteiger partial charge in [0.25, 0.3) is 0 Å². The largest absolute Gasteiger partial charge is 0.330 e. The van der Waals surface area contributed by atoms with E-state index in [0.717, 1.165) is 48.8 Å². The van der Waals surface area contributed by atoms with Crippen LogP contribution in [0.1, 0.15) is 32.1 Å². The van der Waals surface area contributed by atoms with Gasteiger partial charge >= 0.3 is 0 Å². The van der Waals surface area contributed by atoms with E-state index in [1.807, 2.05) is 6.07 Å². The Morgan fingerprint density at radius 1 is 1.09 bits per heavy atom. The molecule has 2 rings (SSSR count). The van der Waals surface area contributed by atoms with Crippen LogP contribution in [0.3, 0.4) is 0 Å². The molecule has 1 amide bonds. The summed E-state index contributed by atoms with van der Waals surface area (Å²) in [5.74, 6) is 0.0362. The van der Waals surface area contributed by atoms with E-state index in [0.29, 0.717) is 6.42 Å². The molecule has 0 saturated heterocycles. The van der Waals surface area contributed by atoms with Crippen molar-refractivity contribution in [2.24, 2.45) is 5.73 Å². The molecule has 0 fully saturated rings. The van der Waals surface area contributed by atoms with Crippen molar-refractivity contribution in [2.75, 3.05) is 11.9 Å². The molecule has 0 unspecified atom stereocenters. The summed E-state index contributed by atoms with van der Waals surface area (Å²) in [4.78, 5) is 20.2. The molecule has 2 aromatic heterocycles. The van der Waals surface area contributed by atoms with Gasteiger partial charge in [-0.2, -0.15) is 0 Å². The maximum Gasteiger partial charge on any atom is 0.224 e. The summed E-state index contributed by atoms with van der Waals surface area (Å²) >= 11 is 0. The summed E-state index contributed by atoms with van der Waals surface area (Å²) in [5, 5.41) is 3.80. The molecule has 3 N–H and O–H groups in total. The topological polar surface area (TPSA) is 80.9 Å². The van der Waals surface area contributed by atoms with Gasteiger partial charge in [-0.05, 0) is 31.5 Å². The average Bonchev–Trinajstić information content (AvgIpc) is 2.47. The van der Waals surface area contributed by atoms with E-state index in [9.17, 15) is 4.79 Å². The molecule has 0 radical (unpaired) electrons. The zero-order valence-electron chi connectivity index (χ0n) is 12.3. The quantitative estimate of drug-likeness (QED) is 0.755. The van der Waals surface area contributed by atoms with Gasteiger partial charge in [0.2, 0.25) is 5.91 Å². The van der Waals surface area contributed by atoms with Crippen LogP contribution < -0.4 is 11.1 Å². The summed E-state index contributed by atoms with van der Waals surface area (Å²) in [6.07, 6.45) is 9.70. The van der Waals surface area contributed by atoms with E-state index < -0.39 is 0 Å². The van der Waals surface area contributed by atoms with E-state index in [-0.39, 0.29) is 30.7 Å². The fraction of sp³-hybridized carbons (Fsp3) is 0.400. The number of nitrogens with two attached hydrogens (primary N) is 1. The Balaban J connectivity index is 0.00000220. The van der Waals surface area contributed by atoms with Gasteiger partial charge in [-0.25, -0.2) is 0 Å². The molecule has 0 bridgehead atoms. The van der Waals surface area contributed by atoms with E-state index in [4.69, 9.17) is 5.73 Å². The maximum atomic E-state index is 11.9. The standard InChI is InChI=1S/C15H20N4O.2ClH/c16-8-4-2-1-3-5-15(20)19-14-7-10-18-13-6-9-17-11-12(13)14;;/h6-7,9-11H,1-5,8,16H2,(H,18,19,20);2*1H. The first kappa shape index (κ1) is 20.6. The first-order valence-electron chi connectivity index (χ1n) is 7.00. The monoisotopic (exact) mass is 344 g/mol. The van der Waals surface area contributed by atoms with E-state index in [1.54, 1.807) is 24.7 Å². The maximum absolute atomic E-state index is 11.9. The van der Waals surface area contributed by atoms with Crippen LogP contribution in [0.25, 0.3) is 10.9 Å². The Kier molecular flexibility index (Phi) is 10.5. The van der Waals surface area contributed by atoms with Crippen LogP contribution in [0.5, 0.6) is 0 Å². The number of rotatable bonds is 7. The summed E-state index contributed by atoms with van der Waals surface area (Å²) in [7, 11) is 0. The molecule has 0 aromatic carbocycles. The fourth-order valence-corrected chi connectivity index (χ4v) is 2.09. The lowest BCUT2D eigenvalue weighted by molar-refractivity contribution is -0.116. The van der Waals surface area contributed by atoms with Crippen LogP contribution in [-0.2, 0) is 4.79 Å². The lowest BCUT2D eigenvalue weighted by atomic mass is 10.1. The molecule has 0 saturated carbocycles. The van der Waals surface area contributed by atoms with Crippen molar-refractivity contribution in [1.29, 1.82) is 0 Å². The van der Waals surface area contributed by atoms with Crippen molar-refractivity contribution in [1.82, 2.24) is 9.97 Å². The molecule has 0 aliphatic heterocycles. The minimum Gasteiger partial charge on any atom is -0.330 e. The number of nitrogens with one attached hydrogen (secondary N) is 1. The highest BCUT2D eigenvalue weighted by Gasteiger charge is 2.06. The highest BCUT2D eigenvalue weighted by atomic mass is 35.5. The number of aromatic nitrogens is 2. The average molecular weight is 345 g/mol. The van der Waals surface area contributed by atoms with Crippen LogP contribution >= 0.6 is 24.8 Å². The smallest absolute Gasteiger partial charge is 0.224 e. The molecule has 5 nitrogen and oxygen atoms in total. The lowest BCUT2D eigenvalue weighted by Gasteiger charge is -2.07. The molecule has 0 aliphatic rings. The molecule has 0 aliphatic carbocycles. The highest BCUT2D eigenvalue weighted by molar-refractivity contribution is 6.00. The number of nitrogens with zero attached hydrogens (tertiary/aromatic N) is 2. The van der Waals surface area contributed by atoms with Crippen LogP contribution in [0.2, 0.25) is 0 Å². The number of hydrogen-bond donors (Lipinski definition) is 2. The van der Waals surface area contributed by atoms with Crippen molar-refractivity contribution >= 4 is 47.3 Å². The lowest BCUT2D eigenvalue weighted by Crippen LogP contribution is -2.11. The number of hydrogen-bond acceptors (Lipinski definition) is 4. The molecular weight excluding hydrogens is 323 g/mol. The van der Waals surface area contributed by atoms with Crippen molar-refractivity contribution in [3.63, 3.8) is 0 Å². The van der Waals surface area contributed by atoms with Gasteiger partial charge in [-0.15, -0.1) is 24.8 Å². The third-order valence-electron chi connectivity index (χ3n) is 3.18. The number of carbonyl (C=O) groups excluding carboxylic acids is 1. The summed E-state index contributed by atoms with van der Waals surface area (Å²) in [6, 6.07) is 3.63. The zero-order valence-corrected chi connectivity index (χ0v) is 14.0. The Morgan fingerprint density at radius 3 is 2.64 bits per heavy atom. The van der Waals surface area contributed by atoms with Crippen LogP contribution in [0.15, 0.2) is 30.7 Å². The van der Waals surface area contributed by atoms with Gasteiger partial charge in [0, 0.05) is 30.4 Å². The third-order valence-corrected chi connectivity index (χ3v) is 3.18. The molecule has 122 valence electrons. The number of halogens is 2. The molecule has 7 heteroatoms. The third kappa shape index (κ3) is 6.13. The second kappa shape index (κ2) is 11.2. The molecule has 22 heavy (non-hydrogen) atoms. The number of carbonyl (C=O) groups is 1. The molecule has 0 spiro atoms. The number of pyridine rings is 2. The van der Waals surface area contributed by atoms with Gasteiger partial charge in [0.05, 0.1) is 11.2 Å². The zero-order chi connectivity index (χ0) is 14.2. The summed E-state index contributed by atoms with van der Waals surface area (Å²) < 4.78 is 0. The van der Waals surface area contributed by atoms with Crippen LogP contribution in [0, 0.1) is 0 Å². The minimum atomic E-state index is 0. The van der Waals surface area contributed by atoms with Gasteiger partial charge in [0.1, 0.15) is 0 Å². The molecule has 2 aromatic rings. The van der Waals surface area contributed by atoms with Crippen molar-refractivity contribution in [3.05, 3.63) is 30.7 Å². The SMILES string of the molecule is Cl.Cl.NCCCCCCC(=O)Nc1ccnc2ccncc12. The van der Waals surface area contributed by atoms with Crippen molar-refractivity contribution in [3.8, 4) is 0 Å². The first-order chi connectivity index (χ1) is 9.81. The highest BCUT2D eigenvalue weighted by Crippen LogP contribution is 2.20. The van der Waals surface area contributed by atoms with Crippen LogP contribution in [-0.4, -0.2) is 22.4 Å². The second-order valence-corrected chi connectivity index (χ2v) is 4.75. The predicted octanol–water partition coefficient (Wildman–Crippen LogP) is 3.32. The minimum absolute atomic E-state index is 0. The van der Waals surface area contributed by atoms with Crippen LogP contribution in [0.4, 0.5) is 5.69 Å². The Morgan fingerprint density at radius 2 is 1.86 bits per heavy atom. The Hall–Kier alpha value is -1.43. The first-order valence-corrected chi connectivity index (χ1v) is 7.00. The van der Waals surface area contributed by atoms with Gasteiger partial charge in [0.15, 0.2) is 0 Å². The number of amides is 1. The number of fused-ring (bicyclic) bond motifs is 1. The summed E-state index contributed by atoms with van der Waals surface area (Å²) in [6.45, 7) is 0.724. The van der Waals surface area contributed by atoms with Gasteiger partial charge in [-0.3, -0.25) is 14.8 Å². The van der Waals surface area contributed by atoms with Gasteiger partial charge < -0.3 is 11.1 Å². The normalized spacial score (nSPS) is 9.68. The predicted molar refractivity (Wildman–Crippen MR) is 94.8 cm³/mol. The fourth-order valence-electron chi connectivity index (χ4n) is 2.09.